The molecule has 0 spiro atoms. The lowest BCUT2D eigenvalue weighted by Gasteiger charge is -2.34. The van der Waals surface area contributed by atoms with E-state index in [-0.39, 0.29) is 12.0 Å². The summed E-state index contributed by atoms with van der Waals surface area (Å²) in [5, 5.41) is 3.45. The van der Waals surface area contributed by atoms with Crippen molar-refractivity contribution >= 4 is 35.1 Å². The van der Waals surface area contributed by atoms with E-state index in [1.54, 1.807) is 54.4 Å². The third-order valence-electron chi connectivity index (χ3n) is 4.24. The summed E-state index contributed by atoms with van der Waals surface area (Å²) >= 11 is 5.86. The van der Waals surface area contributed by atoms with Gasteiger partial charge in [-0.2, -0.15) is 0 Å². The van der Waals surface area contributed by atoms with Gasteiger partial charge in [-0.15, -0.1) is 0 Å². The van der Waals surface area contributed by atoms with Crippen molar-refractivity contribution < 1.29 is 14.3 Å². The van der Waals surface area contributed by atoms with E-state index in [1.165, 1.54) is 0 Å². The van der Waals surface area contributed by atoms with Gasteiger partial charge >= 0.3 is 6.09 Å². The van der Waals surface area contributed by atoms with E-state index < -0.39 is 0 Å². The number of anilines is 2. The number of piperazine rings is 1. The maximum Gasteiger partial charge on any atom is 0.409 e. The summed E-state index contributed by atoms with van der Waals surface area (Å²) in [6.45, 7) is 4.54. The molecule has 1 fully saturated rings. The quantitative estimate of drug-likeness (QED) is 0.870. The first-order chi connectivity index (χ1) is 13.1. The molecule has 0 saturated carbocycles. The predicted molar refractivity (Wildman–Crippen MR) is 104 cm³/mol. The van der Waals surface area contributed by atoms with Gasteiger partial charge in [0.05, 0.1) is 6.61 Å². The minimum Gasteiger partial charge on any atom is -0.450 e. The normalized spacial score (nSPS) is 14.0. The number of nitrogens with zero attached hydrogens (tertiary/aromatic N) is 3. The van der Waals surface area contributed by atoms with Crippen molar-refractivity contribution in [2.45, 2.75) is 6.92 Å². The fraction of sp³-hybridized carbons (Fsp3) is 0.316. The van der Waals surface area contributed by atoms with Crippen LogP contribution in [0.5, 0.6) is 0 Å². The number of aromatic nitrogens is 1. The van der Waals surface area contributed by atoms with Gasteiger partial charge in [0.15, 0.2) is 0 Å². The summed E-state index contributed by atoms with van der Waals surface area (Å²) in [6.07, 6.45) is 1.32. The standard InChI is InChI=1S/C19H21ClN4O3/c1-2-27-19(26)24-11-9-23(10-12-24)17-13-14(7-8-21-17)18(25)22-16-5-3-15(20)4-6-16/h3-8,13H,2,9-12H2,1H3,(H,22,25). The maximum absolute atomic E-state index is 12.5. The number of carbonyl (C=O) groups is 2. The van der Waals surface area contributed by atoms with E-state index in [2.05, 4.69) is 15.2 Å². The molecule has 1 aliphatic rings. The number of nitrogens with one attached hydrogen (secondary N) is 1. The van der Waals surface area contributed by atoms with Gasteiger partial charge in [-0.05, 0) is 43.3 Å². The average molecular weight is 389 g/mol. The highest BCUT2D eigenvalue weighted by molar-refractivity contribution is 6.30. The number of hydrogen-bond acceptors (Lipinski definition) is 5. The van der Waals surface area contributed by atoms with Crippen LogP contribution in [0.4, 0.5) is 16.3 Å². The Kier molecular flexibility index (Phi) is 6.13. The van der Waals surface area contributed by atoms with E-state index in [1.807, 2.05) is 0 Å². The van der Waals surface area contributed by atoms with Gasteiger partial charge in [0, 0.05) is 48.6 Å². The molecule has 2 heterocycles. The van der Waals surface area contributed by atoms with Crippen LogP contribution in [0.25, 0.3) is 0 Å². The Bertz CT molecular complexity index is 805. The summed E-state index contributed by atoms with van der Waals surface area (Å²) in [4.78, 5) is 32.4. The molecular formula is C19H21ClN4O3. The Balaban J connectivity index is 1.63. The molecule has 0 bridgehead atoms. The molecule has 2 aromatic rings. The zero-order chi connectivity index (χ0) is 19.2. The lowest BCUT2D eigenvalue weighted by molar-refractivity contribution is 0.102. The molecule has 1 N–H and O–H groups in total. The topological polar surface area (TPSA) is 74.8 Å². The summed E-state index contributed by atoms with van der Waals surface area (Å²) in [6, 6.07) is 10.4. The first-order valence-electron chi connectivity index (χ1n) is 8.76. The van der Waals surface area contributed by atoms with Gasteiger partial charge in [-0.25, -0.2) is 9.78 Å². The number of benzene rings is 1. The number of amides is 2. The maximum atomic E-state index is 12.5. The first-order valence-corrected chi connectivity index (χ1v) is 9.14. The van der Waals surface area contributed by atoms with E-state index >= 15 is 0 Å². The van der Waals surface area contributed by atoms with Crippen LogP contribution >= 0.6 is 11.6 Å². The van der Waals surface area contributed by atoms with E-state index in [0.717, 1.165) is 0 Å². The second kappa shape index (κ2) is 8.73. The van der Waals surface area contributed by atoms with E-state index in [9.17, 15) is 9.59 Å². The highest BCUT2D eigenvalue weighted by atomic mass is 35.5. The summed E-state index contributed by atoms with van der Waals surface area (Å²) in [5.74, 6) is 0.494. The third kappa shape index (κ3) is 4.89. The second-order valence-corrected chi connectivity index (χ2v) is 6.47. The molecule has 1 aliphatic heterocycles. The van der Waals surface area contributed by atoms with E-state index in [4.69, 9.17) is 16.3 Å². The monoisotopic (exact) mass is 388 g/mol. The minimum atomic E-state index is -0.291. The molecular weight excluding hydrogens is 368 g/mol. The largest absolute Gasteiger partial charge is 0.450 e. The molecule has 2 amide bonds. The summed E-state index contributed by atoms with van der Waals surface area (Å²) < 4.78 is 5.03. The van der Waals surface area contributed by atoms with Crippen LogP contribution in [0.3, 0.4) is 0 Å². The van der Waals surface area contributed by atoms with Gasteiger partial charge in [-0.1, -0.05) is 11.6 Å². The molecule has 1 saturated heterocycles. The van der Waals surface area contributed by atoms with Crippen molar-refractivity contribution in [3.63, 3.8) is 0 Å². The smallest absolute Gasteiger partial charge is 0.409 e. The predicted octanol–water partition coefficient (Wildman–Crippen LogP) is 3.27. The molecule has 7 nitrogen and oxygen atoms in total. The van der Waals surface area contributed by atoms with E-state index in [0.29, 0.717) is 54.9 Å². The van der Waals surface area contributed by atoms with Crippen molar-refractivity contribution in [2.24, 2.45) is 0 Å². The number of ether oxygens (including phenoxy) is 1. The lowest BCUT2D eigenvalue weighted by Crippen LogP contribution is -2.49. The van der Waals surface area contributed by atoms with Crippen molar-refractivity contribution in [2.75, 3.05) is 43.0 Å². The van der Waals surface area contributed by atoms with Crippen LogP contribution in [-0.4, -0.2) is 54.7 Å². The number of carbonyl (C=O) groups excluding carboxylic acids is 2. The van der Waals surface area contributed by atoms with Crippen LogP contribution in [0, 0.1) is 0 Å². The number of halogens is 1. The summed E-state index contributed by atoms with van der Waals surface area (Å²) in [5.41, 5.74) is 1.19. The highest BCUT2D eigenvalue weighted by Crippen LogP contribution is 2.18. The van der Waals surface area contributed by atoms with Crippen molar-refractivity contribution in [1.29, 1.82) is 0 Å². The Morgan fingerprint density at radius 1 is 1.15 bits per heavy atom. The molecule has 27 heavy (non-hydrogen) atoms. The van der Waals surface area contributed by atoms with Gasteiger partial charge < -0.3 is 19.9 Å². The lowest BCUT2D eigenvalue weighted by atomic mass is 10.2. The van der Waals surface area contributed by atoms with Crippen molar-refractivity contribution in [3.8, 4) is 0 Å². The molecule has 1 aromatic heterocycles. The molecule has 0 atom stereocenters. The van der Waals surface area contributed by atoms with Crippen molar-refractivity contribution in [3.05, 3.63) is 53.2 Å². The Morgan fingerprint density at radius 2 is 1.85 bits per heavy atom. The number of rotatable bonds is 4. The van der Waals surface area contributed by atoms with Crippen LogP contribution in [-0.2, 0) is 4.74 Å². The first kappa shape index (κ1) is 19.0. The van der Waals surface area contributed by atoms with Gasteiger partial charge in [0.25, 0.3) is 5.91 Å². The van der Waals surface area contributed by atoms with Gasteiger partial charge in [0.2, 0.25) is 0 Å². The number of pyridine rings is 1. The average Bonchev–Trinajstić information content (AvgIpc) is 2.70. The molecule has 0 radical (unpaired) electrons. The van der Waals surface area contributed by atoms with Gasteiger partial charge in [0.1, 0.15) is 5.82 Å². The molecule has 142 valence electrons. The molecule has 3 rings (SSSR count). The Labute approximate surface area is 162 Å². The molecule has 0 unspecified atom stereocenters. The van der Waals surface area contributed by atoms with Gasteiger partial charge in [-0.3, -0.25) is 4.79 Å². The number of hydrogen-bond donors (Lipinski definition) is 1. The molecule has 0 aliphatic carbocycles. The minimum absolute atomic E-state index is 0.217. The fourth-order valence-corrected chi connectivity index (χ4v) is 2.93. The summed E-state index contributed by atoms with van der Waals surface area (Å²) in [7, 11) is 0. The fourth-order valence-electron chi connectivity index (χ4n) is 2.80. The van der Waals surface area contributed by atoms with Crippen LogP contribution in [0.1, 0.15) is 17.3 Å². The third-order valence-corrected chi connectivity index (χ3v) is 4.49. The Hall–Kier alpha value is -2.80. The Morgan fingerprint density at radius 3 is 2.52 bits per heavy atom. The van der Waals surface area contributed by atoms with Crippen molar-refractivity contribution in [1.82, 2.24) is 9.88 Å². The highest BCUT2D eigenvalue weighted by Gasteiger charge is 2.23. The SMILES string of the molecule is CCOC(=O)N1CCN(c2cc(C(=O)Nc3ccc(Cl)cc3)ccn2)CC1. The van der Waals surface area contributed by atoms with Crippen LogP contribution in [0.2, 0.25) is 5.02 Å². The zero-order valence-electron chi connectivity index (χ0n) is 15.0. The zero-order valence-corrected chi connectivity index (χ0v) is 15.8. The van der Waals surface area contributed by atoms with Crippen LogP contribution < -0.4 is 10.2 Å². The second-order valence-electron chi connectivity index (χ2n) is 6.04. The molecule has 8 heteroatoms. The molecule has 1 aromatic carbocycles. The van der Waals surface area contributed by atoms with Crippen LogP contribution in [0.15, 0.2) is 42.6 Å².